The van der Waals surface area contributed by atoms with Gasteiger partial charge in [0.2, 0.25) is 0 Å². The summed E-state index contributed by atoms with van der Waals surface area (Å²) in [6.45, 7) is 2.10. The van der Waals surface area contributed by atoms with Crippen molar-refractivity contribution >= 4 is 38.5 Å². The number of rotatable bonds is 5. The lowest BCUT2D eigenvalue weighted by Crippen LogP contribution is -2.21. The van der Waals surface area contributed by atoms with E-state index in [0.29, 0.717) is 0 Å². The molecule has 4 heteroatoms. The minimum atomic E-state index is 0.154. The van der Waals surface area contributed by atoms with E-state index in [4.69, 9.17) is 10.5 Å². The van der Waals surface area contributed by atoms with Gasteiger partial charge in [0.05, 0.1) is 3.57 Å². The van der Waals surface area contributed by atoms with Crippen LogP contribution >= 0.6 is 38.5 Å². The molecule has 0 radical (unpaired) electrons. The largest absolute Gasteiger partial charge is 0.456 e. The number of para-hydroxylation sites is 1. The first kappa shape index (κ1) is 15.8. The van der Waals surface area contributed by atoms with Gasteiger partial charge >= 0.3 is 0 Å². The number of benzene rings is 2. The van der Waals surface area contributed by atoms with Gasteiger partial charge < -0.3 is 10.5 Å². The Morgan fingerprint density at radius 2 is 1.95 bits per heavy atom. The molecule has 0 heterocycles. The predicted molar refractivity (Wildman–Crippen MR) is 95.3 cm³/mol. The van der Waals surface area contributed by atoms with Crippen LogP contribution in [0.25, 0.3) is 0 Å². The highest BCUT2D eigenvalue weighted by atomic mass is 127. The van der Waals surface area contributed by atoms with Gasteiger partial charge in [-0.2, -0.15) is 0 Å². The summed E-state index contributed by atoms with van der Waals surface area (Å²) >= 11 is 5.79. The van der Waals surface area contributed by atoms with E-state index in [1.807, 2.05) is 36.4 Å². The topological polar surface area (TPSA) is 35.2 Å². The van der Waals surface area contributed by atoms with Crippen LogP contribution in [-0.4, -0.2) is 6.04 Å². The van der Waals surface area contributed by atoms with Gasteiger partial charge in [0, 0.05) is 10.5 Å². The fourth-order valence-electron chi connectivity index (χ4n) is 1.88. The lowest BCUT2D eigenvalue weighted by atomic mass is 10.0. The second-order valence-electron chi connectivity index (χ2n) is 4.66. The van der Waals surface area contributed by atoms with E-state index < -0.39 is 0 Å². The van der Waals surface area contributed by atoms with Crippen LogP contribution in [0.2, 0.25) is 0 Å². The van der Waals surface area contributed by atoms with Crippen LogP contribution in [0.4, 0.5) is 0 Å². The lowest BCUT2D eigenvalue weighted by molar-refractivity contribution is 0.469. The Bertz CT molecular complexity index is 588. The molecule has 2 aromatic carbocycles. The Kier molecular flexibility index (Phi) is 5.86. The van der Waals surface area contributed by atoms with Crippen molar-refractivity contribution in [1.82, 2.24) is 0 Å². The second kappa shape index (κ2) is 7.43. The summed E-state index contributed by atoms with van der Waals surface area (Å²) in [6, 6.07) is 14.2. The number of ether oxygens (including phenoxy) is 1. The third kappa shape index (κ3) is 4.20. The highest BCUT2D eigenvalue weighted by molar-refractivity contribution is 14.1. The molecular formula is C16H17BrINO. The predicted octanol–water partition coefficient (Wildman–Crippen LogP) is 5.13. The Balaban J connectivity index is 2.29. The monoisotopic (exact) mass is 445 g/mol. The molecule has 2 nitrogen and oxygen atoms in total. The normalized spacial score (nSPS) is 12.2. The molecule has 0 aliphatic heterocycles. The van der Waals surface area contributed by atoms with Crippen LogP contribution in [0.15, 0.2) is 46.9 Å². The average molecular weight is 446 g/mol. The molecule has 0 bridgehead atoms. The molecule has 0 aliphatic rings. The molecule has 2 aromatic rings. The van der Waals surface area contributed by atoms with Crippen LogP contribution in [0.3, 0.4) is 0 Å². The van der Waals surface area contributed by atoms with Crippen molar-refractivity contribution in [2.24, 2.45) is 5.73 Å². The van der Waals surface area contributed by atoms with Gasteiger partial charge in [-0.25, -0.2) is 0 Å². The van der Waals surface area contributed by atoms with Crippen LogP contribution in [0, 0.1) is 3.57 Å². The van der Waals surface area contributed by atoms with Crippen molar-refractivity contribution in [3.63, 3.8) is 0 Å². The summed E-state index contributed by atoms with van der Waals surface area (Å²) in [4.78, 5) is 0. The van der Waals surface area contributed by atoms with E-state index in [9.17, 15) is 0 Å². The molecular weight excluding hydrogens is 429 g/mol. The van der Waals surface area contributed by atoms with Crippen LogP contribution < -0.4 is 10.5 Å². The smallest absolute Gasteiger partial charge is 0.140 e. The molecule has 1 unspecified atom stereocenters. The third-order valence-electron chi connectivity index (χ3n) is 3.09. The van der Waals surface area contributed by atoms with Gasteiger partial charge in [0.25, 0.3) is 0 Å². The van der Waals surface area contributed by atoms with E-state index in [2.05, 4.69) is 51.5 Å². The molecule has 0 amide bonds. The van der Waals surface area contributed by atoms with Crippen molar-refractivity contribution < 1.29 is 4.74 Å². The van der Waals surface area contributed by atoms with Crippen LogP contribution in [0.5, 0.6) is 11.5 Å². The van der Waals surface area contributed by atoms with Crippen molar-refractivity contribution in [1.29, 1.82) is 0 Å². The highest BCUT2D eigenvalue weighted by Gasteiger charge is 2.10. The molecule has 0 spiro atoms. The van der Waals surface area contributed by atoms with Gasteiger partial charge in [-0.15, -0.1) is 0 Å². The molecule has 0 saturated heterocycles. The van der Waals surface area contributed by atoms with Gasteiger partial charge in [-0.3, -0.25) is 0 Å². The van der Waals surface area contributed by atoms with Gasteiger partial charge in [-0.05, 0) is 71.3 Å². The first-order valence-electron chi connectivity index (χ1n) is 6.56. The van der Waals surface area contributed by atoms with Gasteiger partial charge in [0.15, 0.2) is 0 Å². The molecule has 2 rings (SSSR count). The number of halogens is 2. The molecule has 20 heavy (non-hydrogen) atoms. The minimum Gasteiger partial charge on any atom is -0.456 e. The summed E-state index contributed by atoms with van der Waals surface area (Å²) in [5.74, 6) is 1.75. The summed E-state index contributed by atoms with van der Waals surface area (Å²) < 4.78 is 8.20. The minimum absolute atomic E-state index is 0.154. The van der Waals surface area contributed by atoms with Crippen LogP contribution in [-0.2, 0) is 6.42 Å². The third-order valence-corrected chi connectivity index (χ3v) is 4.47. The Morgan fingerprint density at radius 1 is 1.20 bits per heavy atom. The van der Waals surface area contributed by atoms with Crippen molar-refractivity contribution in [2.75, 3.05) is 0 Å². The highest BCUT2D eigenvalue weighted by Crippen LogP contribution is 2.31. The fourth-order valence-corrected chi connectivity index (χ4v) is 2.79. The number of nitrogens with two attached hydrogens (primary N) is 1. The summed E-state index contributed by atoms with van der Waals surface area (Å²) in [5.41, 5.74) is 7.21. The van der Waals surface area contributed by atoms with E-state index in [0.717, 1.165) is 37.9 Å². The van der Waals surface area contributed by atoms with Gasteiger partial charge in [0.1, 0.15) is 11.5 Å². The van der Waals surface area contributed by atoms with E-state index >= 15 is 0 Å². The Hall–Kier alpha value is -0.590. The second-order valence-corrected chi connectivity index (χ2v) is 6.73. The summed E-state index contributed by atoms with van der Waals surface area (Å²) in [7, 11) is 0. The van der Waals surface area contributed by atoms with E-state index in [-0.39, 0.29) is 6.04 Å². The van der Waals surface area contributed by atoms with E-state index in [1.54, 1.807) is 0 Å². The summed E-state index contributed by atoms with van der Waals surface area (Å²) in [6.07, 6.45) is 1.77. The quantitative estimate of drug-likeness (QED) is 0.647. The van der Waals surface area contributed by atoms with Gasteiger partial charge in [-0.1, -0.05) is 35.0 Å². The lowest BCUT2D eigenvalue weighted by Gasteiger charge is -2.15. The first-order valence-corrected chi connectivity index (χ1v) is 8.43. The molecule has 0 saturated carbocycles. The summed E-state index contributed by atoms with van der Waals surface area (Å²) in [5, 5.41) is 0. The molecule has 0 aromatic heterocycles. The van der Waals surface area contributed by atoms with Crippen LogP contribution in [0.1, 0.15) is 18.9 Å². The zero-order valence-corrected chi connectivity index (χ0v) is 15.0. The molecule has 106 valence electrons. The fraction of sp³-hybridized carbons (Fsp3) is 0.250. The molecule has 0 fully saturated rings. The van der Waals surface area contributed by atoms with Crippen molar-refractivity contribution in [3.8, 4) is 11.5 Å². The Morgan fingerprint density at radius 3 is 2.65 bits per heavy atom. The standard InChI is InChI=1S/C16H17BrINO/c1-2-13(19)10-11-9-12(17)7-8-15(11)20-16-6-4-3-5-14(16)18/h3-9,13H,2,10,19H2,1H3. The maximum absolute atomic E-state index is 6.07. The maximum atomic E-state index is 6.07. The maximum Gasteiger partial charge on any atom is 0.140 e. The zero-order valence-electron chi connectivity index (χ0n) is 11.3. The average Bonchev–Trinajstić information content (AvgIpc) is 2.44. The van der Waals surface area contributed by atoms with Crippen molar-refractivity contribution in [2.45, 2.75) is 25.8 Å². The van der Waals surface area contributed by atoms with E-state index in [1.165, 1.54) is 0 Å². The molecule has 0 aliphatic carbocycles. The SMILES string of the molecule is CCC(N)Cc1cc(Br)ccc1Oc1ccccc1I. The number of hydrogen-bond acceptors (Lipinski definition) is 2. The first-order chi connectivity index (χ1) is 9.60. The number of hydrogen-bond donors (Lipinski definition) is 1. The molecule has 1 atom stereocenters. The molecule has 2 N–H and O–H groups in total. The van der Waals surface area contributed by atoms with Crippen molar-refractivity contribution in [3.05, 3.63) is 56.1 Å². The Labute approximate surface area is 142 Å². The zero-order chi connectivity index (χ0) is 14.5.